The fourth-order valence-corrected chi connectivity index (χ4v) is 3.70. The highest BCUT2D eigenvalue weighted by Crippen LogP contribution is 2.27. The van der Waals surface area contributed by atoms with E-state index >= 15 is 0 Å². The molecule has 0 saturated carbocycles. The predicted octanol–water partition coefficient (Wildman–Crippen LogP) is 4.74. The molecule has 1 fully saturated rings. The predicted molar refractivity (Wildman–Crippen MR) is 123 cm³/mol. The highest BCUT2D eigenvalue weighted by atomic mass is 35.5. The molecule has 6 nitrogen and oxygen atoms in total. The molecule has 1 heterocycles. The Hall–Kier alpha value is -3.97. The number of amides is 4. The fraction of sp³-hybridized carbons (Fsp3) is 0.0800. The van der Waals surface area contributed by atoms with Crippen LogP contribution in [0.1, 0.15) is 16.7 Å². The van der Waals surface area contributed by atoms with E-state index in [0.717, 1.165) is 4.90 Å². The maximum absolute atomic E-state index is 14.3. The number of carbonyl (C=O) groups excluding carboxylic acids is 3. The standard InChI is InChI=1S/C25H18ClFN2O4/c1-33-20-10-9-15(17(12-20)11-16-5-2-3-8-22(16)27)13-21-23(30)28-25(32)29(24(21)31)19-7-4-6-18(26)14-19/h2-10,12-14H,11H2,1H3,(H,28,30,32)/b21-13+. The monoisotopic (exact) mass is 464 g/mol. The summed E-state index contributed by atoms with van der Waals surface area (Å²) in [5, 5.41) is 2.51. The number of hydrogen-bond acceptors (Lipinski definition) is 4. The van der Waals surface area contributed by atoms with Crippen molar-refractivity contribution in [2.75, 3.05) is 12.0 Å². The Kier molecular flexibility index (Phi) is 6.24. The van der Waals surface area contributed by atoms with E-state index in [1.165, 1.54) is 31.4 Å². The summed E-state index contributed by atoms with van der Waals surface area (Å²) in [5.74, 6) is -1.45. The molecule has 0 aliphatic carbocycles. The zero-order valence-electron chi connectivity index (χ0n) is 17.5. The second-order valence-corrected chi connectivity index (χ2v) is 7.71. The normalized spacial score (nSPS) is 15.1. The molecular formula is C25H18ClFN2O4. The van der Waals surface area contributed by atoms with Crippen LogP contribution >= 0.6 is 11.6 Å². The van der Waals surface area contributed by atoms with Gasteiger partial charge in [-0.2, -0.15) is 0 Å². The fourth-order valence-electron chi connectivity index (χ4n) is 3.51. The van der Waals surface area contributed by atoms with E-state index in [1.54, 1.807) is 48.5 Å². The van der Waals surface area contributed by atoms with Gasteiger partial charge < -0.3 is 4.74 Å². The first kappa shape index (κ1) is 22.2. The minimum atomic E-state index is -0.870. The lowest BCUT2D eigenvalue weighted by molar-refractivity contribution is -0.122. The summed E-state index contributed by atoms with van der Waals surface area (Å²) < 4.78 is 19.6. The van der Waals surface area contributed by atoms with Crippen molar-refractivity contribution in [2.24, 2.45) is 0 Å². The SMILES string of the molecule is COc1ccc(/C=C2\C(=O)NC(=O)N(c3cccc(Cl)c3)C2=O)c(Cc2ccccc2F)c1. The van der Waals surface area contributed by atoms with E-state index in [2.05, 4.69) is 5.32 Å². The van der Waals surface area contributed by atoms with Crippen LogP contribution < -0.4 is 15.0 Å². The number of halogens is 2. The Morgan fingerprint density at radius 1 is 1.00 bits per heavy atom. The van der Waals surface area contributed by atoms with Crippen LogP contribution in [0, 0.1) is 5.82 Å². The third-order valence-corrected chi connectivity index (χ3v) is 5.39. The lowest BCUT2D eigenvalue weighted by Crippen LogP contribution is -2.54. The molecule has 4 amide bonds. The number of methoxy groups -OCH3 is 1. The van der Waals surface area contributed by atoms with Gasteiger partial charge in [0, 0.05) is 11.4 Å². The Labute approximate surface area is 194 Å². The van der Waals surface area contributed by atoms with Crippen LogP contribution in [0.2, 0.25) is 5.02 Å². The molecule has 3 aromatic carbocycles. The van der Waals surface area contributed by atoms with Gasteiger partial charge in [-0.15, -0.1) is 0 Å². The Morgan fingerprint density at radius 2 is 1.79 bits per heavy atom. The summed E-state index contributed by atoms with van der Waals surface area (Å²) in [4.78, 5) is 39.0. The number of urea groups is 1. The first-order valence-corrected chi connectivity index (χ1v) is 10.3. The second-order valence-electron chi connectivity index (χ2n) is 7.27. The number of rotatable bonds is 5. The highest BCUT2D eigenvalue weighted by Gasteiger charge is 2.37. The molecule has 0 atom stereocenters. The third kappa shape index (κ3) is 4.63. The van der Waals surface area contributed by atoms with Crippen molar-refractivity contribution in [3.05, 3.63) is 99.8 Å². The van der Waals surface area contributed by atoms with Crippen molar-refractivity contribution < 1.29 is 23.5 Å². The van der Waals surface area contributed by atoms with E-state index in [-0.39, 0.29) is 23.5 Å². The zero-order valence-corrected chi connectivity index (χ0v) is 18.2. The minimum absolute atomic E-state index is 0.204. The van der Waals surface area contributed by atoms with Gasteiger partial charge in [0.1, 0.15) is 17.1 Å². The van der Waals surface area contributed by atoms with Crippen LogP contribution in [0.15, 0.2) is 72.3 Å². The van der Waals surface area contributed by atoms with Gasteiger partial charge in [-0.1, -0.05) is 41.9 Å². The average molecular weight is 465 g/mol. The van der Waals surface area contributed by atoms with Gasteiger partial charge in [-0.3, -0.25) is 14.9 Å². The van der Waals surface area contributed by atoms with Crippen molar-refractivity contribution in [3.63, 3.8) is 0 Å². The van der Waals surface area contributed by atoms with E-state index in [4.69, 9.17) is 16.3 Å². The van der Waals surface area contributed by atoms with Crippen molar-refractivity contribution in [2.45, 2.75) is 6.42 Å². The highest BCUT2D eigenvalue weighted by molar-refractivity contribution is 6.39. The van der Waals surface area contributed by atoms with Crippen LogP contribution in [-0.4, -0.2) is 25.0 Å². The van der Waals surface area contributed by atoms with Crippen molar-refractivity contribution in [1.82, 2.24) is 5.32 Å². The zero-order chi connectivity index (χ0) is 23.5. The van der Waals surface area contributed by atoms with E-state index in [1.807, 2.05) is 0 Å². The van der Waals surface area contributed by atoms with Crippen molar-refractivity contribution in [3.8, 4) is 5.75 Å². The third-order valence-electron chi connectivity index (χ3n) is 5.16. The first-order valence-electron chi connectivity index (χ1n) is 9.94. The van der Waals surface area contributed by atoms with Gasteiger partial charge in [-0.25, -0.2) is 14.1 Å². The average Bonchev–Trinajstić information content (AvgIpc) is 2.79. The Morgan fingerprint density at radius 3 is 2.52 bits per heavy atom. The number of nitrogens with zero attached hydrogens (tertiary/aromatic N) is 1. The number of nitrogens with one attached hydrogen (secondary N) is 1. The molecule has 3 aromatic rings. The molecular weight excluding hydrogens is 447 g/mol. The van der Waals surface area contributed by atoms with Crippen molar-refractivity contribution >= 4 is 41.2 Å². The van der Waals surface area contributed by atoms with Crippen LogP contribution in [-0.2, 0) is 16.0 Å². The number of ether oxygens (including phenoxy) is 1. The number of imide groups is 2. The van der Waals surface area contributed by atoms with Crippen LogP contribution in [0.25, 0.3) is 6.08 Å². The summed E-state index contributed by atoms with van der Waals surface area (Å²) in [6, 6.07) is 16.7. The number of anilines is 1. The maximum atomic E-state index is 14.3. The lowest BCUT2D eigenvalue weighted by Gasteiger charge is -2.26. The van der Waals surface area contributed by atoms with Gasteiger partial charge in [0.25, 0.3) is 11.8 Å². The quantitative estimate of drug-likeness (QED) is 0.437. The number of benzene rings is 3. The molecule has 4 rings (SSSR count). The Balaban J connectivity index is 1.77. The molecule has 1 saturated heterocycles. The van der Waals surface area contributed by atoms with Gasteiger partial charge in [-0.05, 0) is 59.2 Å². The van der Waals surface area contributed by atoms with E-state index in [0.29, 0.717) is 27.5 Å². The number of barbiturate groups is 1. The van der Waals surface area contributed by atoms with Gasteiger partial charge in [0.15, 0.2) is 0 Å². The van der Waals surface area contributed by atoms with Gasteiger partial charge in [0.2, 0.25) is 0 Å². The summed E-state index contributed by atoms with van der Waals surface area (Å²) >= 11 is 6.00. The van der Waals surface area contributed by atoms with Crippen LogP contribution in [0.5, 0.6) is 5.75 Å². The summed E-state index contributed by atoms with van der Waals surface area (Å²) in [5.41, 5.74) is 1.58. The molecule has 33 heavy (non-hydrogen) atoms. The van der Waals surface area contributed by atoms with Gasteiger partial charge in [0.05, 0.1) is 12.8 Å². The summed E-state index contributed by atoms with van der Waals surface area (Å²) in [6.45, 7) is 0. The van der Waals surface area contributed by atoms with E-state index < -0.39 is 17.8 Å². The maximum Gasteiger partial charge on any atom is 0.335 e. The molecule has 1 aliphatic heterocycles. The van der Waals surface area contributed by atoms with Crippen LogP contribution in [0.4, 0.5) is 14.9 Å². The molecule has 0 aromatic heterocycles. The first-order chi connectivity index (χ1) is 15.9. The second kappa shape index (κ2) is 9.26. The lowest BCUT2D eigenvalue weighted by atomic mass is 9.96. The molecule has 8 heteroatoms. The topological polar surface area (TPSA) is 75.7 Å². The van der Waals surface area contributed by atoms with Crippen molar-refractivity contribution in [1.29, 1.82) is 0 Å². The largest absolute Gasteiger partial charge is 0.497 e. The molecule has 0 unspecified atom stereocenters. The van der Waals surface area contributed by atoms with Gasteiger partial charge >= 0.3 is 6.03 Å². The van der Waals surface area contributed by atoms with E-state index in [9.17, 15) is 18.8 Å². The number of hydrogen-bond donors (Lipinski definition) is 1. The summed E-state index contributed by atoms with van der Waals surface area (Å²) in [7, 11) is 1.51. The molecule has 166 valence electrons. The molecule has 1 N–H and O–H groups in total. The molecule has 0 radical (unpaired) electrons. The van der Waals surface area contributed by atoms with Crippen LogP contribution in [0.3, 0.4) is 0 Å². The summed E-state index contributed by atoms with van der Waals surface area (Å²) in [6.07, 6.45) is 1.59. The minimum Gasteiger partial charge on any atom is -0.497 e. The Bertz CT molecular complexity index is 1310. The molecule has 0 bridgehead atoms. The molecule has 1 aliphatic rings. The molecule has 0 spiro atoms. The smallest absolute Gasteiger partial charge is 0.335 e. The number of carbonyl (C=O) groups is 3.